The molecule has 0 aromatic heterocycles. The Hall–Kier alpha value is -1.57. The zero-order chi connectivity index (χ0) is 11.5. The van der Waals surface area contributed by atoms with Gasteiger partial charge >= 0.3 is 0 Å². The van der Waals surface area contributed by atoms with Crippen LogP contribution in [-0.2, 0) is 4.79 Å². The lowest BCUT2D eigenvalue weighted by molar-refractivity contribution is -0.116. The minimum atomic E-state index is 0.193. The highest BCUT2D eigenvalue weighted by Crippen LogP contribution is 2.29. The number of rotatable bonds is 2. The molecule has 0 saturated heterocycles. The van der Waals surface area contributed by atoms with E-state index >= 15 is 0 Å². The predicted octanol–water partition coefficient (Wildman–Crippen LogP) is 2.92. The number of benzene rings is 1. The molecule has 1 aliphatic rings. The average Bonchev–Trinajstić information content (AvgIpc) is 2.29. The Bertz CT molecular complexity index is 394. The van der Waals surface area contributed by atoms with Gasteiger partial charge in [0.25, 0.3) is 0 Å². The molecule has 0 radical (unpaired) electrons. The number of carbonyl (C=O) groups excluding carboxylic acids is 1. The summed E-state index contributed by atoms with van der Waals surface area (Å²) >= 11 is 0. The van der Waals surface area contributed by atoms with Crippen molar-refractivity contribution in [2.75, 3.05) is 0 Å². The maximum Gasteiger partial charge on any atom is 0.159 e. The van der Waals surface area contributed by atoms with Gasteiger partial charge in [-0.25, -0.2) is 0 Å². The fraction of sp³-hybridized carbons (Fsp3) is 0.357. The van der Waals surface area contributed by atoms with Crippen LogP contribution in [0, 0.1) is 0 Å². The van der Waals surface area contributed by atoms with Gasteiger partial charge in [0.1, 0.15) is 0 Å². The summed E-state index contributed by atoms with van der Waals surface area (Å²) in [5.41, 5.74) is 1.22. The number of nitrogens with zero attached hydrogens (tertiary/aromatic N) is 1. The van der Waals surface area contributed by atoms with E-state index in [-0.39, 0.29) is 11.8 Å². The van der Waals surface area contributed by atoms with Crippen LogP contribution < -0.4 is 0 Å². The molecule has 1 heterocycles. The van der Waals surface area contributed by atoms with E-state index in [1.54, 1.807) is 6.08 Å². The number of ketones is 1. The molecule has 0 spiro atoms. The van der Waals surface area contributed by atoms with Gasteiger partial charge in [0.05, 0.1) is 6.04 Å². The molecule has 1 atom stereocenters. The maximum absolute atomic E-state index is 11.5. The van der Waals surface area contributed by atoms with Crippen LogP contribution >= 0.6 is 0 Å². The monoisotopic (exact) mass is 215 g/mol. The molecule has 0 bridgehead atoms. The molecule has 0 fully saturated rings. The van der Waals surface area contributed by atoms with Crippen LogP contribution in [0.5, 0.6) is 0 Å². The summed E-state index contributed by atoms with van der Waals surface area (Å²) in [6.07, 6.45) is 4.19. The van der Waals surface area contributed by atoms with Crippen molar-refractivity contribution in [3.63, 3.8) is 0 Å². The molecule has 2 nitrogen and oxygen atoms in total. The first-order chi connectivity index (χ1) is 7.68. The first kappa shape index (κ1) is 10.9. The van der Waals surface area contributed by atoms with E-state index in [9.17, 15) is 4.79 Å². The second-order valence-corrected chi connectivity index (χ2v) is 4.45. The van der Waals surface area contributed by atoms with Gasteiger partial charge in [0, 0.05) is 18.7 Å². The van der Waals surface area contributed by atoms with Gasteiger partial charge in [-0.3, -0.25) is 4.79 Å². The van der Waals surface area contributed by atoms with Crippen molar-refractivity contribution >= 4 is 5.78 Å². The van der Waals surface area contributed by atoms with Gasteiger partial charge in [-0.05, 0) is 25.5 Å². The Kier molecular flexibility index (Phi) is 3.09. The third-order valence-electron chi connectivity index (χ3n) is 2.97. The summed E-state index contributed by atoms with van der Waals surface area (Å²) in [6.45, 7) is 4.30. The van der Waals surface area contributed by atoms with Gasteiger partial charge < -0.3 is 4.90 Å². The fourth-order valence-electron chi connectivity index (χ4n) is 2.13. The minimum Gasteiger partial charge on any atom is -0.367 e. The number of allylic oxidation sites excluding steroid dienone is 1. The second-order valence-electron chi connectivity index (χ2n) is 4.45. The minimum absolute atomic E-state index is 0.193. The lowest BCUT2D eigenvalue weighted by Crippen LogP contribution is -2.34. The quantitative estimate of drug-likeness (QED) is 0.756. The molecule has 16 heavy (non-hydrogen) atoms. The van der Waals surface area contributed by atoms with Crippen molar-refractivity contribution in [1.29, 1.82) is 0 Å². The normalized spacial score (nSPS) is 20.6. The van der Waals surface area contributed by atoms with Gasteiger partial charge in [-0.1, -0.05) is 30.3 Å². The van der Waals surface area contributed by atoms with Crippen molar-refractivity contribution in [2.45, 2.75) is 32.4 Å². The Morgan fingerprint density at radius 1 is 1.25 bits per heavy atom. The van der Waals surface area contributed by atoms with E-state index in [1.807, 2.05) is 24.4 Å². The third kappa shape index (κ3) is 2.16. The van der Waals surface area contributed by atoms with Crippen molar-refractivity contribution in [3.8, 4) is 0 Å². The summed E-state index contributed by atoms with van der Waals surface area (Å²) in [5.74, 6) is 0.214. The molecule has 2 heteroatoms. The number of carbonyl (C=O) groups is 1. The van der Waals surface area contributed by atoms with E-state index in [0.29, 0.717) is 12.5 Å². The first-order valence-corrected chi connectivity index (χ1v) is 5.72. The zero-order valence-electron chi connectivity index (χ0n) is 9.76. The second kappa shape index (κ2) is 4.52. The van der Waals surface area contributed by atoms with Crippen LogP contribution in [0.25, 0.3) is 0 Å². The van der Waals surface area contributed by atoms with Crippen LogP contribution in [0.1, 0.15) is 31.9 Å². The van der Waals surface area contributed by atoms with Crippen LogP contribution in [0.4, 0.5) is 0 Å². The Balaban J connectivity index is 2.31. The molecule has 2 rings (SSSR count). The highest BCUT2D eigenvalue weighted by molar-refractivity contribution is 5.90. The van der Waals surface area contributed by atoms with E-state index in [0.717, 1.165) is 0 Å². The SMILES string of the molecule is CC(C)N1C=CC(=O)CC1c1ccccc1. The molecule has 1 aromatic carbocycles. The Morgan fingerprint density at radius 3 is 2.56 bits per heavy atom. The number of hydrogen-bond donors (Lipinski definition) is 0. The molecular formula is C14H17NO. The smallest absolute Gasteiger partial charge is 0.159 e. The summed E-state index contributed by atoms with van der Waals surface area (Å²) < 4.78 is 0. The zero-order valence-corrected chi connectivity index (χ0v) is 9.76. The summed E-state index contributed by atoms with van der Waals surface area (Å²) in [5, 5.41) is 0. The Morgan fingerprint density at radius 2 is 1.94 bits per heavy atom. The first-order valence-electron chi connectivity index (χ1n) is 5.72. The van der Waals surface area contributed by atoms with Crippen LogP contribution in [0.15, 0.2) is 42.6 Å². The van der Waals surface area contributed by atoms with Crippen molar-refractivity contribution in [1.82, 2.24) is 4.90 Å². The Labute approximate surface area is 96.6 Å². The van der Waals surface area contributed by atoms with Gasteiger partial charge in [-0.15, -0.1) is 0 Å². The molecule has 0 aliphatic carbocycles. The maximum atomic E-state index is 11.5. The summed E-state index contributed by atoms with van der Waals surface area (Å²) in [4.78, 5) is 13.7. The number of hydrogen-bond acceptors (Lipinski definition) is 2. The fourth-order valence-corrected chi connectivity index (χ4v) is 2.13. The van der Waals surface area contributed by atoms with Gasteiger partial charge in [0.15, 0.2) is 5.78 Å². The van der Waals surface area contributed by atoms with Crippen LogP contribution in [0.2, 0.25) is 0 Å². The van der Waals surface area contributed by atoms with Crippen molar-refractivity contribution in [2.24, 2.45) is 0 Å². The molecule has 0 saturated carbocycles. The van der Waals surface area contributed by atoms with Crippen LogP contribution in [-0.4, -0.2) is 16.7 Å². The lowest BCUT2D eigenvalue weighted by Gasteiger charge is -2.36. The molecule has 1 aromatic rings. The predicted molar refractivity (Wildman–Crippen MR) is 64.9 cm³/mol. The molecule has 0 N–H and O–H groups in total. The van der Waals surface area contributed by atoms with Crippen LogP contribution in [0.3, 0.4) is 0 Å². The van der Waals surface area contributed by atoms with E-state index < -0.39 is 0 Å². The highest BCUT2D eigenvalue weighted by atomic mass is 16.1. The summed E-state index contributed by atoms with van der Waals surface area (Å²) in [7, 11) is 0. The van der Waals surface area contributed by atoms with E-state index in [4.69, 9.17) is 0 Å². The molecule has 0 amide bonds. The molecule has 1 unspecified atom stereocenters. The lowest BCUT2D eigenvalue weighted by atomic mass is 9.96. The van der Waals surface area contributed by atoms with E-state index in [2.05, 4.69) is 30.9 Å². The molecule has 1 aliphatic heterocycles. The average molecular weight is 215 g/mol. The van der Waals surface area contributed by atoms with Gasteiger partial charge in [0.2, 0.25) is 0 Å². The summed E-state index contributed by atoms with van der Waals surface area (Å²) in [6, 6.07) is 10.8. The molecular weight excluding hydrogens is 198 g/mol. The highest BCUT2D eigenvalue weighted by Gasteiger charge is 2.25. The molecule has 84 valence electrons. The third-order valence-corrected chi connectivity index (χ3v) is 2.97. The standard InChI is InChI=1S/C14H17NO/c1-11(2)15-9-8-13(16)10-14(15)12-6-4-3-5-7-12/h3-9,11,14H,10H2,1-2H3. The topological polar surface area (TPSA) is 20.3 Å². The van der Waals surface area contributed by atoms with Crippen molar-refractivity contribution in [3.05, 3.63) is 48.2 Å². The van der Waals surface area contributed by atoms with Crippen molar-refractivity contribution < 1.29 is 4.79 Å². The van der Waals surface area contributed by atoms with Gasteiger partial charge in [-0.2, -0.15) is 0 Å². The van der Waals surface area contributed by atoms with E-state index in [1.165, 1.54) is 5.56 Å². The largest absolute Gasteiger partial charge is 0.367 e.